The van der Waals surface area contributed by atoms with E-state index in [0.717, 1.165) is 28.4 Å². The third-order valence-electron chi connectivity index (χ3n) is 4.17. The van der Waals surface area contributed by atoms with E-state index in [2.05, 4.69) is 27.4 Å². The smallest absolute Gasteiger partial charge is 0.263 e. The molecular weight excluding hydrogens is 376 g/mol. The van der Waals surface area contributed by atoms with Crippen LogP contribution in [0.2, 0.25) is 0 Å². The summed E-state index contributed by atoms with van der Waals surface area (Å²) >= 11 is 3.07. The van der Waals surface area contributed by atoms with Crippen molar-refractivity contribution in [3.05, 3.63) is 81.5 Å². The van der Waals surface area contributed by atoms with Gasteiger partial charge in [0.05, 0.1) is 12.0 Å². The Balaban J connectivity index is 1.38. The van der Waals surface area contributed by atoms with Crippen LogP contribution in [0.25, 0.3) is 10.6 Å². The second-order valence-electron chi connectivity index (χ2n) is 6.18. The van der Waals surface area contributed by atoms with Crippen molar-refractivity contribution in [2.75, 3.05) is 0 Å². The molecular formula is C20H18N4OS2. The minimum absolute atomic E-state index is 0.0750. The van der Waals surface area contributed by atoms with Crippen LogP contribution in [0.4, 0.5) is 0 Å². The molecule has 4 aromatic rings. The van der Waals surface area contributed by atoms with Crippen LogP contribution in [-0.4, -0.2) is 20.4 Å². The number of imidazole rings is 1. The molecule has 0 saturated heterocycles. The van der Waals surface area contributed by atoms with E-state index < -0.39 is 0 Å². The zero-order valence-corrected chi connectivity index (χ0v) is 16.4. The molecule has 5 nitrogen and oxygen atoms in total. The van der Waals surface area contributed by atoms with E-state index >= 15 is 0 Å². The minimum Gasteiger partial charge on any atom is -0.347 e. The fourth-order valence-corrected chi connectivity index (χ4v) is 4.43. The molecule has 7 heteroatoms. The number of nitrogens with one attached hydrogen (secondary N) is 1. The number of amides is 1. The summed E-state index contributed by atoms with van der Waals surface area (Å²) < 4.78 is 2.02. The number of nitrogens with zero attached hydrogens (tertiary/aromatic N) is 3. The Morgan fingerprint density at radius 3 is 2.70 bits per heavy atom. The average Bonchev–Trinajstić information content (AvgIpc) is 3.42. The molecule has 0 aliphatic rings. The first kappa shape index (κ1) is 17.6. The van der Waals surface area contributed by atoms with Gasteiger partial charge >= 0.3 is 0 Å². The number of rotatable bonds is 6. The molecule has 0 aliphatic heterocycles. The number of hydrogen-bond donors (Lipinski definition) is 1. The fraction of sp³-hybridized carbons (Fsp3) is 0.150. The van der Waals surface area contributed by atoms with Gasteiger partial charge in [-0.05, 0) is 29.5 Å². The number of thiazole rings is 1. The molecule has 0 radical (unpaired) electrons. The quantitative estimate of drug-likeness (QED) is 0.529. The molecule has 0 atom stereocenters. The first-order valence-electron chi connectivity index (χ1n) is 8.51. The number of aryl methyl sites for hydroxylation is 1. The lowest BCUT2D eigenvalue weighted by Crippen LogP contribution is -2.22. The van der Waals surface area contributed by atoms with Gasteiger partial charge in [-0.25, -0.2) is 9.97 Å². The van der Waals surface area contributed by atoms with Crippen LogP contribution in [-0.2, 0) is 13.1 Å². The highest BCUT2D eigenvalue weighted by atomic mass is 32.1. The van der Waals surface area contributed by atoms with Gasteiger partial charge < -0.3 is 9.88 Å². The number of aromatic nitrogens is 3. The molecule has 0 saturated carbocycles. The molecule has 3 heterocycles. The number of thiophene rings is 1. The standard InChI is InChI=1S/C20H18N4OS2/c1-14-18(27-20(23-14)17-6-9-26-12-17)19(25)22-10-15-2-4-16(5-3-15)11-24-8-7-21-13-24/h2-9,12-13H,10-11H2,1H3,(H,22,25). The Labute approximate surface area is 165 Å². The van der Waals surface area contributed by atoms with Crippen molar-refractivity contribution in [1.29, 1.82) is 0 Å². The Morgan fingerprint density at radius 2 is 2.00 bits per heavy atom. The van der Waals surface area contributed by atoms with E-state index in [-0.39, 0.29) is 5.91 Å². The van der Waals surface area contributed by atoms with Crippen molar-refractivity contribution in [2.24, 2.45) is 0 Å². The first-order valence-corrected chi connectivity index (χ1v) is 10.3. The highest BCUT2D eigenvalue weighted by Gasteiger charge is 2.16. The summed E-state index contributed by atoms with van der Waals surface area (Å²) in [6.45, 7) is 3.17. The Hall–Kier alpha value is -2.77. The molecule has 1 amide bonds. The van der Waals surface area contributed by atoms with E-state index in [1.54, 1.807) is 23.9 Å². The summed E-state index contributed by atoms with van der Waals surface area (Å²) in [5.41, 5.74) is 4.11. The number of benzene rings is 1. The van der Waals surface area contributed by atoms with Gasteiger partial charge in [0.15, 0.2) is 0 Å². The third kappa shape index (κ3) is 4.15. The number of carbonyl (C=O) groups excluding carboxylic acids is 1. The molecule has 0 fully saturated rings. The summed E-state index contributed by atoms with van der Waals surface area (Å²) in [6.07, 6.45) is 5.51. The lowest BCUT2D eigenvalue weighted by Gasteiger charge is -2.07. The van der Waals surface area contributed by atoms with Crippen LogP contribution in [0.3, 0.4) is 0 Å². The van der Waals surface area contributed by atoms with E-state index in [1.165, 1.54) is 16.9 Å². The Kier molecular flexibility index (Phi) is 5.13. The zero-order chi connectivity index (χ0) is 18.6. The fourth-order valence-electron chi connectivity index (χ4n) is 2.73. The minimum atomic E-state index is -0.0750. The van der Waals surface area contributed by atoms with E-state index in [1.807, 2.05) is 46.6 Å². The molecule has 0 bridgehead atoms. The van der Waals surface area contributed by atoms with Gasteiger partial charge in [0, 0.05) is 36.4 Å². The SMILES string of the molecule is Cc1nc(-c2ccsc2)sc1C(=O)NCc1ccc(Cn2ccnc2)cc1. The molecule has 136 valence electrons. The van der Waals surface area contributed by atoms with Gasteiger partial charge in [0.1, 0.15) is 9.88 Å². The maximum absolute atomic E-state index is 12.6. The largest absolute Gasteiger partial charge is 0.347 e. The second-order valence-corrected chi connectivity index (χ2v) is 7.96. The van der Waals surface area contributed by atoms with Crippen LogP contribution < -0.4 is 5.32 Å². The van der Waals surface area contributed by atoms with Crippen molar-refractivity contribution in [3.8, 4) is 10.6 Å². The summed E-state index contributed by atoms with van der Waals surface area (Å²) in [7, 11) is 0. The summed E-state index contributed by atoms with van der Waals surface area (Å²) in [6, 6.07) is 10.3. The van der Waals surface area contributed by atoms with Crippen molar-refractivity contribution in [2.45, 2.75) is 20.0 Å². The monoisotopic (exact) mass is 394 g/mol. The number of carbonyl (C=O) groups is 1. The van der Waals surface area contributed by atoms with Gasteiger partial charge in [0.25, 0.3) is 5.91 Å². The predicted octanol–water partition coefficient (Wildman–Crippen LogP) is 4.35. The summed E-state index contributed by atoms with van der Waals surface area (Å²) in [5, 5.41) is 7.95. The molecule has 0 unspecified atom stereocenters. The van der Waals surface area contributed by atoms with Gasteiger partial charge in [-0.1, -0.05) is 24.3 Å². The maximum Gasteiger partial charge on any atom is 0.263 e. The van der Waals surface area contributed by atoms with Gasteiger partial charge in [-0.3, -0.25) is 4.79 Å². The Bertz CT molecular complexity index is 1020. The molecule has 4 rings (SSSR count). The topological polar surface area (TPSA) is 59.8 Å². The zero-order valence-electron chi connectivity index (χ0n) is 14.8. The molecule has 3 aromatic heterocycles. The van der Waals surface area contributed by atoms with Crippen LogP contribution in [0, 0.1) is 6.92 Å². The summed E-state index contributed by atoms with van der Waals surface area (Å²) in [4.78, 5) is 21.8. The molecule has 0 spiro atoms. The molecule has 1 aromatic carbocycles. The van der Waals surface area contributed by atoms with Gasteiger partial charge in [-0.2, -0.15) is 11.3 Å². The van der Waals surface area contributed by atoms with E-state index in [4.69, 9.17) is 0 Å². The van der Waals surface area contributed by atoms with E-state index in [9.17, 15) is 4.79 Å². The predicted molar refractivity (Wildman–Crippen MR) is 109 cm³/mol. The third-order valence-corrected chi connectivity index (χ3v) is 6.06. The van der Waals surface area contributed by atoms with E-state index in [0.29, 0.717) is 11.4 Å². The van der Waals surface area contributed by atoms with Crippen molar-refractivity contribution < 1.29 is 4.79 Å². The van der Waals surface area contributed by atoms with Crippen LogP contribution >= 0.6 is 22.7 Å². The van der Waals surface area contributed by atoms with Crippen LogP contribution in [0.5, 0.6) is 0 Å². The highest BCUT2D eigenvalue weighted by Crippen LogP contribution is 2.29. The van der Waals surface area contributed by atoms with Crippen LogP contribution in [0.15, 0.2) is 59.8 Å². The van der Waals surface area contributed by atoms with Crippen molar-refractivity contribution in [1.82, 2.24) is 19.9 Å². The van der Waals surface area contributed by atoms with Crippen LogP contribution in [0.1, 0.15) is 26.5 Å². The Morgan fingerprint density at radius 1 is 1.19 bits per heavy atom. The molecule has 27 heavy (non-hydrogen) atoms. The first-order chi connectivity index (χ1) is 13.2. The number of hydrogen-bond acceptors (Lipinski definition) is 5. The lowest BCUT2D eigenvalue weighted by atomic mass is 10.1. The van der Waals surface area contributed by atoms with Gasteiger partial charge in [-0.15, -0.1) is 11.3 Å². The lowest BCUT2D eigenvalue weighted by molar-refractivity contribution is 0.0954. The maximum atomic E-state index is 12.6. The second kappa shape index (κ2) is 7.85. The summed E-state index contributed by atoms with van der Waals surface area (Å²) in [5.74, 6) is -0.0750. The average molecular weight is 395 g/mol. The van der Waals surface area contributed by atoms with Crippen molar-refractivity contribution >= 4 is 28.6 Å². The normalized spacial score (nSPS) is 10.9. The molecule has 0 aliphatic carbocycles. The van der Waals surface area contributed by atoms with Crippen molar-refractivity contribution in [3.63, 3.8) is 0 Å². The highest BCUT2D eigenvalue weighted by molar-refractivity contribution is 7.17. The van der Waals surface area contributed by atoms with Gasteiger partial charge in [0.2, 0.25) is 0 Å². The molecule has 1 N–H and O–H groups in total.